The third kappa shape index (κ3) is 5.09. The van der Waals surface area contributed by atoms with Crippen LogP contribution in [-0.4, -0.2) is 39.8 Å². The summed E-state index contributed by atoms with van der Waals surface area (Å²) in [6, 6.07) is 13.6. The van der Waals surface area contributed by atoms with Crippen molar-refractivity contribution in [2.75, 3.05) is 6.61 Å². The van der Waals surface area contributed by atoms with E-state index in [1.54, 1.807) is 25.1 Å². The van der Waals surface area contributed by atoms with Gasteiger partial charge in [-0.3, -0.25) is 14.5 Å². The molecule has 1 fully saturated rings. The lowest BCUT2D eigenvalue weighted by Crippen LogP contribution is -2.40. The van der Waals surface area contributed by atoms with Crippen LogP contribution in [0.2, 0.25) is 0 Å². The molecular weight excluding hydrogens is 468 g/mol. The van der Waals surface area contributed by atoms with E-state index in [0.29, 0.717) is 28.8 Å². The summed E-state index contributed by atoms with van der Waals surface area (Å²) in [4.78, 5) is 44.2. The normalized spacial score (nSPS) is 19.3. The van der Waals surface area contributed by atoms with Crippen LogP contribution in [0.25, 0.3) is 0 Å². The highest BCUT2D eigenvalue weighted by Gasteiger charge is 2.46. The number of rotatable bonds is 7. The molecule has 2 aliphatic heterocycles. The van der Waals surface area contributed by atoms with Gasteiger partial charge >= 0.3 is 11.9 Å². The summed E-state index contributed by atoms with van der Waals surface area (Å²) in [5, 5.41) is 0.196. The molecule has 2 heterocycles. The quantitative estimate of drug-likeness (QED) is 0.416. The standard InChI is InChI=1S/C26H26N2O6S/c1-5-32-21-13-19(11-12-20(21)34-17(4)29)23-22(25(31)33-14-18-9-7-6-8-10-18)15(2)27-26-28(23)24(30)16(3)35-26/h6-13,16,23H,5,14H2,1-4H3/t16-,23+/m0/s1. The van der Waals surface area contributed by atoms with Crippen molar-refractivity contribution in [1.82, 2.24) is 4.90 Å². The number of hydrogen-bond donors (Lipinski definition) is 0. The Bertz CT molecular complexity index is 1220. The highest BCUT2D eigenvalue weighted by molar-refractivity contribution is 8.15. The van der Waals surface area contributed by atoms with E-state index >= 15 is 0 Å². The van der Waals surface area contributed by atoms with Crippen molar-refractivity contribution in [3.63, 3.8) is 0 Å². The van der Waals surface area contributed by atoms with Crippen LogP contribution in [0.5, 0.6) is 11.5 Å². The molecule has 0 saturated carbocycles. The van der Waals surface area contributed by atoms with Crippen LogP contribution in [0.1, 0.15) is 44.9 Å². The summed E-state index contributed by atoms with van der Waals surface area (Å²) in [7, 11) is 0. The predicted molar refractivity (Wildman–Crippen MR) is 132 cm³/mol. The van der Waals surface area contributed by atoms with Crippen LogP contribution in [-0.2, 0) is 25.7 Å². The lowest BCUT2D eigenvalue weighted by molar-refractivity contribution is -0.141. The summed E-state index contributed by atoms with van der Waals surface area (Å²) < 4.78 is 16.6. The van der Waals surface area contributed by atoms with Gasteiger partial charge in [0.05, 0.1) is 29.2 Å². The molecule has 9 heteroatoms. The molecule has 4 rings (SSSR count). The Morgan fingerprint density at radius 2 is 1.86 bits per heavy atom. The van der Waals surface area contributed by atoms with Crippen LogP contribution >= 0.6 is 11.8 Å². The first-order chi connectivity index (χ1) is 16.8. The molecule has 2 aromatic carbocycles. The van der Waals surface area contributed by atoms with Gasteiger partial charge in [-0.05, 0) is 44.0 Å². The number of amides is 1. The number of fused-ring (bicyclic) bond motifs is 1. The first-order valence-corrected chi connectivity index (χ1v) is 12.1. The van der Waals surface area contributed by atoms with Gasteiger partial charge in [-0.2, -0.15) is 0 Å². The van der Waals surface area contributed by atoms with Crippen molar-refractivity contribution in [1.29, 1.82) is 0 Å². The number of allylic oxidation sites excluding steroid dienone is 1. The smallest absolute Gasteiger partial charge is 0.338 e. The van der Waals surface area contributed by atoms with Crippen LogP contribution < -0.4 is 9.47 Å². The van der Waals surface area contributed by atoms with Gasteiger partial charge in [-0.15, -0.1) is 0 Å². The highest BCUT2D eigenvalue weighted by atomic mass is 32.2. The van der Waals surface area contributed by atoms with Gasteiger partial charge < -0.3 is 14.2 Å². The fraction of sp³-hybridized carbons (Fsp3) is 0.308. The van der Waals surface area contributed by atoms with Crippen molar-refractivity contribution in [2.45, 2.75) is 45.6 Å². The minimum atomic E-state index is -0.763. The fourth-order valence-corrected chi connectivity index (χ4v) is 5.01. The van der Waals surface area contributed by atoms with Crippen molar-refractivity contribution < 1.29 is 28.6 Å². The van der Waals surface area contributed by atoms with Gasteiger partial charge in [0.2, 0.25) is 5.91 Å². The largest absolute Gasteiger partial charge is 0.490 e. The van der Waals surface area contributed by atoms with Crippen LogP contribution in [0.4, 0.5) is 0 Å². The van der Waals surface area contributed by atoms with E-state index in [4.69, 9.17) is 14.2 Å². The average Bonchev–Trinajstić information content (AvgIpc) is 3.11. The van der Waals surface area contributed by atoms with Gasteiger partial charge in [0.15, 0.2) is 16.7 Å². The van der Waals surface area contributed by atoms with Gasteiger partial charge in [0.25, 0.3) is 0 Å². The van der Waals surface area contributed by atoms with Crippen LogP contribution in [0.15, 0.2) is 64.8 Å². The fourth-order valence-electron chi connectivity index (χ4n) is 3.98. The van der Waals surface area contributed by atoms with E-state index < -0.39 is 18.0 Å². The summed E-state index contributed by atoms with van der Waals surface area (Å²) >= 11 is 1.35. The van der Waals surface area contributed by atoms with Gasteiger partial charge in [0, 0.05) is 6.92 Å². The number of ether oxygens (including phenoxy) is 3. The number of hydrogen-bond acceptors (Lipinski definition) is 8. The number of benzene rings is 2. The van der Waals surface area contributed by atoms with E-state index in [9.17, 15) is 14.4 Å². The molecule has 0 bridgehead atoms. The average molecular weight is 495 g/mol. The van der Waals surface area contributed by atoms with E-state index in [1.165, 1.54) is 23.6 Å². The van der Waals surface area contributed by atoms with E-state index in [-0.39, 0.29) is 29.1 Å². The van der Waals surface area contributed by atoms with E-state index in [1.807, 2.05) is 44.2 Å². The lowest BCUT2D eigenvalue weighted by atomic mass is 9.94. The van der Waals surface area contributed by atoms with Crippen molar-refractivity contribution in [2.24, 2.45) is 4.99 Å². The zero-order valence-electron chi connectivity index (χ0n) is 19.9. The molecule has 0 aromatic heterocycles. The molecule has 2 aromatic rings. The second-order valence-corrected chi connectivity index (χ2v) is 9.37. The van der Waals surface area contributed by atoms with Gasteiger partial charge in [0.1, 0.15) is 6.61 Å². The third-order valence-corrected chi connectivity index (χ3v) is 6.58. The molecule has 2 atom stereocenters. The maximum Gasteiger partial charge on any atom is 0.338 e. The molecule has 0 N–H and O–H groups in total. The Morgan fingerprint density at radius 1 is 1.11 bits per heavy atom. The summed E-state index contributed by atoms with van der Waals surface area (Å²) in [6.07, 6.45) is 0. The first-order valence-electron chi connectivity index (χ1n) is 11.3. The maximum atomic E-state index is 13.4. The molecule has 8 nitrogen and oxygen atoms in total. The number of carbonyl (C=O) groups excluding carboxylic acids is 3. The number of esters is 2. The van der Waals surface area contributed by atoms with Crippen LogP contribution in [0.3, 0.4) is 0 Å². The number of nitrogens with zero attached hydrogens (tertiary/aromatic N) is 2. The van der Waals surface area contributed by atoms with E-state index in [2.05, 4.69) is 4.99 Å². The molecule has 182 valence electrons. The second-order valence-electron chi connectivity index (χ2n) is 8.06. The predicted octanol–water partition coefficient (Wildman–Crippen LogP) is 4.40. The molecule has 2 aliphatic rings. The van der Waals surface area contributed by atoms with E-state index in [0.717, 1.165) is 5.56 Å². The van der Waals surface area contributed by atoms with Gasteiger partial charge in [-0.1, -0.05) is 48.2 Å². The zero-order valence-corrected chi connectivity index (χ0v) is 20.8. The Morgan fingerprint density at radius 3 is 2.54 bits per heavy atom. The Kier molecular flexibility index (Phi) is 7.25. The molecule has 0 aliphatic carbocycles. The Labute approximate surface area is 207 Å². The number of aliphatic imine (C=N–C) groups is 1. The Hall–Kier alpha value is -3.59. The molecule has 1 saturated heterocycles. The Balaban J connectivity index is 1.75. The highest BCUT2D eigenvalue weighted by Crippen LogP contribution is 2.45. The summed E-state index contributed by atoms with van der Waals surface area (Å²) in [5.74, 6) is -0.588. The lowest BCUT2D eigenvalue weighted by Gasteiger charge is -2.33. The molecule has 35 heavy (non-hydrogen) atoms. The molecule has 0 spiro atoms. The summed E-state index contributed by atoms with van der Waals surface area (Å²) in [6.45, 7) is 7.10. The summed E-state index contributed by atoms with van der Waals surface area (Å²) in [5.41, 5.74) is 2.22. The minimum Gasteiger partial charge on any atom is -0.490 e. The minimum absolute atomic E-state index is 0.0917. The number of thioether (sulfide) groups is 1. The maximum absolute atomic E-state index is 13.4. The van der Waals surface area contributed by atoms with Crippen molar-refractivity contribution in [3.05, 3.63) is 70.9 Å². The third-order valence-electron chi connectivity index (χ3n) is 5.53. The zero-order chi connectivity index (χ0) is 25.1. The SMILES string of the molecule is CCOc1cc([C@@H]2C(C(=O)OCc3ccccc3)=C(C)N=C3S[C@@H](C)C(=O)N32)ccc1OC(C)=O. The van der Waals surface area contributed by atoms with Crippen molar-refractivity contribution >= 4 is 34.8 Å². The topological polar surface area (TPSA) is 94.5 Å². The van der Waals surface area contributed by atoms with Crippen LogP contribution in [0, 0.1) is 0 Å². The number of amidine groups is 1. The van der Waals surface area contributed by atoms with Gasteiger partial charge in [-0.25, -0.2) is 9.79 Å². The number of carbonyl (C=O) groups is 3. The second kappa shape index (κ2) is 10.4. The van der Waals surface area contributed by atoms with Crippen molar-refractivity contribution in [3.8, 4) is 11.5 Å². The molecular formula is C26H26N2O6S. The first kappa shape index (κ1) is 24.5. The monoisotopic (exact) mass is 494 g/mol. The molecule has 1 amide bonds. The molecule has 0 unspecified atom stereocenters. The molecule has 0 radical (unpaired) electrons.